The summed E-state index contributed by atoms with van der Waals surface area (Å²) < 4.78 is 0. The quantitative estimate of drug-likeness (QED) is 0.378. The second-order valence-corrected chi connectivity index (χ2v) is 4.89. The number of allylic oxidation sites excluding steroid dienone is 1. The van der Waals surface area contributed by atoms with E-state index >= 15 is 0 Å². The fourth-order valence-corrected chi connectivity index (χ4v) is 3.16. The molecule has 0 spiro atoms. The SMILES string of the molecule is C=CCCCC1(CBr)CC(C)C1. The van der Waals surface area contributed by atoms with Gasteiger partial charge in [-0.2, -0.15) is 0 Å². The molecule has 0 atom stereocenters. The van der Waals surface area contributed by atoms with E-state index in [-0.39, 0.29) is 0 Å². The van der Waals surface area contributed by atoms with Crippen molar-refractivity contribution in [1.82, 2.24) is 0 Å². The van der Waals surface area contributed by atoms with Crippen LogP contribution in [0.1, 0.15) is 39.0 Å². The smallest absolute Gasteiger partial charge is 0.00881 e. The molecular weight excluding hydrogens is 212 g/mol. The van der Waals surface area contributed by atoms with Crippen LogP contribution in [0.2, 0.25) is 0 Å². The standard InChI is InChI=1S/C11H19Br/c1-3-4-5-6-11(9-12)7-10(2)8-11/h3,10H,1,4-9H2,2H3. The molecule has 0 saturated heterocycles. The second-order valence-electron chi connectivity index (χ2n) is 4.33. The second kappa shape index (κ2) is 4.45. The third kappa shape index (κ3) is 2.35. The third-order valence-electron chi connectivity index (χ3n) is 2.96. The van der Waals surface area contributed by atoms with Crippen molar-refractivity contribution in [1.29, 1.82) is 0 Å². The van der Waals surface area contributed by atoms with E-state index in [1.165, 1.54) is 37.4 Å². The summed E-state index contributed by atoms with van der Waals surface area (Å²) >= 11 is 3.64. The van der Waals surface area contributed by atoms with E-state index in [1.807, 2.05) is 6.08 Å². The minimum Gasteiger partial charge on any atom is -0.103 e. The van der Waals surface area contributed by atoms with Crippen LogP contribution in [0.25, 0.3) is 0 Å². The first-order chi connectivity index (χ1) is 5.72. The Morgan fingerprint density at radius 2 is 2.25 bits per heavy atom. The topological polar surface area (TPSA) is 0 Å². The zero-order valence-corrected chi connectivity index (χ0v) is 9.57. The van der Waals surface area contributed by atoms with Gasteiger partial charge in [-0.25, -0.2) is 0 Å². The lowest BCUT2D eigenvalue weighted by Crippen LogP contribution is -2.37. The van der Waals surface area contributed by atoms with Crippen molar-refractivity contribution in [3.63, 3.8) is 0 Å². The van der Waals surface area contributed by atoms with Crippen LogP contribution in [-0.4, -0.2) is 5.33 Å². The van der Waals surface area contributed by atoms with Crippen LogP contribution in [0.15, 0.2) is 12.7 Å². The summed E-state index contributed by atoms with van der Waals surface area (Å²) in [7, 11) is 0. The molecule has 1 fully saturated rings. The van der Waals surface area contributed by atoms with E-state index in [9.17, 15) is 0 Å². The average molecular weight is 231 g/mol. The van der Waals surface area contributed by atoms with Gasteiger partial charge in [0, 0.05) is 5.33 Å². The third-order valence-corrected chi connectivity index (χ3v) is 4.15. The number of halogens is 1. The lowest BCUT2D eigenvalue weighted by Gasteiger charge is -2.46. The van der Waals surface area contributed by atoms with Gasteiger partial charge in [0.05, 0.1) is 0 Å². The molecule has 0 unspecified atom stereocenters. The van der Waals surface area contributed by atoms with Gasteiger partial charge in [-0.05, 0) is 43.4 Å². The van der Waals surface area contributed by atoms with Crippen molar-refractivity contribution in [2.45, 2.75) is 39.0 Å². The Hall–Kier alpha value is 0.220. The van der Waals surface area contributed by atoms with E-state index < -0.39 is 0 Å². The molecule has 1 saturated carbocycles. The van der Waals surface area contributed by atoms with E-state index in [0.717, 1.165) is 5.92 Å². The van der Waals surface area contributed by atoms with Crippen LogP contribution < -0.4 is 0 Å². The summed E-state index contributed by atoms with van der Waals surface area (Å²) in [5, 5.41) is 1.20. The van der Waals surface area contributed by atoms with Crippen LogP contribution in [-0.2, 0) is 0 Å². The maximum atomic E-state index is 3.75. The molecule has 0 aliphatic heterocycles. The van der Waals surface area contributed by atoms with Crippen molar-refractivity contribution in [3.05, 3.63) is 12.7 Å². The molecule has 0 aromatic rings. The average Bonchev–Trinajstić information content (AvgIpc) is 2.01. The molecule has 70 valence electrons. The predicted molar refractivity (Wildman–Crippen MR) is 58.7 cm³/mol. The minimum atomic E-state index is 0.655. The monoisotopic (exact) mass is 230 g/mol. The fourth-order valence-electron chi connectivity index (χ4n) is 2.42. The summed E-state index contributed by atoms with van der Waals surface area (Å²) in [6, 6.07) is 0. The summed E-state index contributed by atoms with van der Waals surface area (Å²) in [4.78, 5) is 0. The van der Waals surface area contributed by atoms with Gasteiger partial charge in [0.2, 0.25) is 0 Å². The largest absolute Gasteiger partial charge is 0.103 e. The van der Waals surface area contributed by atoms with Gasteiger partial charge >= 0.3 is 0 Å². The lowest BCUT2D eigenvalue weighted by molar-refractivity contribution is 0.0823. The number of unbranched alkanes of at least 4 members (excludes halogenated alkanes) is 1. The van der Waals surface area contributed by atoms with Gasteiger partial charge in [-0.15, -0.1) is 6.58 Å². The Kier molecular flexibility index (Phi) is 3.82. The summed E-state index contributed by atoms with van der Waals surface area (Å²) in [5.41, 5.74) is 0.655. The van der Waals surface area contributed by atoms with Crippen molar-refractivity contribution in [2.75, 3.05) is 5.33 Å². The number of rotatable bonds is 5. The first kappa shape index (κ1) is 10.3. The Labute approximate surface area is 84.6 Å². The highest BCUT2D eigenvalue weighted by atomic mass is 79.9. The maximum absolute atomic E-state index is 3.75. The molecule has 1 aliphatic rings. The van der Waals surface area contributed by atoms with Gasteiger partial charge in [-0.3, -0.25) is 0 Å². The lowest BCUT2D eigenvalue weighted by atomic mass is 9.62. The van der Waals surface area contributed by atoms with Crippen LogP contribution >= 0.6 is 15.9 Å². The maximum Gasteiger partial charge on any atom is 0.00881 e. The molecule has 1 aliphatic carbocycles. The zero-order chi connectivity index (χ0) is 9.03. The van der Waals surface area contributed by atoms with Gasteiger partial charge in [0.1, 0.15) is 0 Å². The number of hydrogen-bond donors (Lipinski definition) is 0. The molecule has 1 rings (SSSR count). The Morgan fingerprint density at radius 1 is 1.58 bits per heavy atom. The molecule has 0 radical (unpaired) electrons. The number of hydrogen-bond acceptors (Lipinski definition) is 0. The first-order valence-electron chi connectivity index (χ1n) is 4.89. The van der Waals surface area contributed by atoms with Crippen molar-refractivity contribution in [2.24, 2.45) is 11.3 Å². The minimum absolute atomic E-state index is 0.655. The highest BCUT2D eigenvalue weighted by Crippen LogP contribution is 2.49. The van der Waals surface area contributed by atoms with Crippen LogP contribution in [0.5, 0.6) is 0 Å². The molecule has 0 aromatic carbocycles. The van der Waals surface area contributed by atoms with Crippen molar-refractivity contribution < 1.29 is 0 Å². The molecule has 0 bridgehead atoms. The summed E-state index contributed by atoms with van der Waals surface area (Å²) in [6.07, 6.45) is 8.77. The zero-order valence-electron chi connectivity index (χ0n) is 7.98. The van der Waals surface area contributed by atoms with Crippen LogP contribution in [0.3, 0.4) is 0 Å². The molecule has 0 aromatic heterocycles. The molecule has 0 heterocycles. The molecule has 12 heavy (non-hydrogen) atoms. The first-order valence-corrected chi connectivity index (χ1v) is 6.01. The predicted octanol–water partition coefficient (Wildman–Crippen LogP) is 4.15. The van der Waals surface area contributed by atoms with Crippen LogP contribution in [0.4, 0.5) is 0 Å². The van der Waals surface area contributed by atoms with Gasteiger partial charge < -0.3 is 0 Å². The Balaban J connectivity index is 2.22. The molecule has 0 nitrogen and oxygen atoms in total. The van der Waals surface area contributed by atoms with E-state index in [2.05, 4.69) is 29.4 Å². The van der Waals surface area contributed by atoms with E-state index in [0.29, 0.717) is 5.41 Å². The van der Waals surface area contributed by atoms with Gasteiger partial charge in [0.25, 0.3) is 0 Å². The molecule has 1 heteroatoms. The van der Waals surface area contributed by atoms with E-state index in [4.69, 9.17) is 0 Å². The van der Waals surface area contributed by atoms with Crippen molar-refractivity contribution in [3.8, 4) is 0 Å². The highest BCUT2D eigenvalue weighted by Gasteiger charge is 2.39. The highest BCUT2D eigenvalue weighted by molar-refractivity contribution is 9.09. The van der Waals surface area contributed by atoms with Crippen molar-refractivity contribution >= 4 is 15.9 Å². The summed E-state index contributed by atoms with van der Waals surface area (Å²) in [6.45, 7) is 6.11. The van der Waals surface area contributed by atoms with Gasteiger partial charge in [0.15, 0.2) is 0 Å². The van der Waals surface area contributed by atoms with Crippen LogP contribution in [0, 0.1) is 11.3 Å². The summed E-state index contributed by atoms with van der Waals surface area (Å²) in [5.74, 6) is 0.964. The molecule has 0 amide bonds. The van der Waals surface area contributed by atoms with Gasteiger partial charge in [-0.1, -0.05) is 28.9 Å². The normalized spacial score (nSPS) is 34.3. The van der Waals surface area contributed by atoms with E-state index in [1.54, 1.807) is 0 Å². The molecular formula is C11H19Br. The number of alkyl halides is 1. The Bertz CT molecular complexity index is 145. The Morgan fingerprint density at radius 3 is 2.67 bits per heavy atom. The fraction of sp³-hybridized carbons (Fsp3) is 0.818. The molecule has 0 N–H and O–H groups in total.